The van der Waals surface area contributed by atoms with Crippen LogP contribution in [0.2, 0.25) is 0 Å². The van der Waals surface area contributed by atoms with Crippen molar-refractivity contribution >= 4 is 16.6 Å². The van der Waals surface area contributed by atoms with Crippen LogP contribution in [0, 0.1) is 0 Å². The van der Waals surface area contributed by atoms with Gasteiger partial charge in [-0.2, -0.15) is 0 Å². The second-order valence-electron chi connectivity index (χ2n) is 6.25. The fourth-order valence-electron chi connectivity index (χ4n) is 3.26. The molecule has 2 heterocycles. The summed E-state index contributed by atoms with van der Waals surface area (Å²) in [5.74, 6) is 0. The van der Waals surface area contributed by atoms with Gasteiger partial charge in [-0.1, -0.05) is 48.5 Å². The third kappa shape index (κ3) is 2.98. The lowest BCUT2D eigenvalue weighted by molar-refractivity contribution is 0.128. The number of anilines is 1. The molecular weight excluding hydrogens is 298 g/mol. The Morgan fingerprint density at radius 1 is 1.04 bits per heavy atom. The largest absolute Gasteiger partial charge is 0.390 e. The van der Waals surface area contributed by atoms with E-state index in [-0.39, 0.29) is 12.1 Å². The summed E-state index contributed by atoms with van der Waals surface area (Å²) < 4.78 is 0. The Morgan fingerprint density at radius 2 is 1.83 bits per heavy atom. The van der Waals surface area contributed by atoms with Crippen molar-refractivity contribution in [1.29, 1.82) is 0 Å². The molecule has 0 amide bonds. The number of para-hydroxylation sites is 1. The number of β-amino-alcohol motifs (C(OH)–C–C–N with tert-alkyl or cyclic N) is 1. The molecule has 1 aliphatic heterocycles. The zero-order chi connectivity index (χ0) is 16.4. The molecule has 2 aromatic carbocycles. The van der Waals surface area contributed by atoms with E-state index in [2.05, 4.69) is 34.9 Å². The molecule has 1 aromatic heterocycles. The van der Waals surface area contributed by atoms with Crippen LogP contribution in [0.25, 0.3) is 22.2 Å². The Bertz CT molecular complexity index is 835. The molecule has 4 nitrogen and oxygen atoms in total. The van der Waals surface area contributed by atoms with Gasteiger partial charge in [0.25, 0.3) is 0 Å². The molecule has 4 rings (SSSR count). The van der Waals surface area contributed by atoms with Crippen LogP contribution in [0.5, 0.6) is 0 Å². The maximum Gasteiger partial charge on any atom is 0.0865 e. The third-order valence-corrected chi connectivity index (χ3v) is 4.58. The minimum atomic E-state index is -0.383. The SMILES string of the molecule is O[C@H]1CNCC[C@@H]1Nc1cc(-c2ccccc2)nc2ccccc12. The highest BCUT2D eigenvalue weighted by molar-refractivity contribution is 5.93. The standard InChI is InChI=1S/C20H21N3O/c24-20-13-21-11-10-17(20)23-19-12-18(14-6-2-1-3-7-14)22-16-9-5-4-8-15(16)19/h1-9,12,17,20-21,24H,10-11,13H2,(H,22,23)/t17-,20-/m0/s1. The van der Waals surface area contributed by atoms with Crippen molar-refractivity contribution in [3.8, 4) is 11.3 Å². The number of fused-ring (bicyclic) bond motifs is 1. The van der Waals surface area contributed by atoms with Gasteiger partial charge in [0.15, 0.2) is 0 Å². The van der Waals surface area contributed by atoms with Gasteiger partial charge in [-0.3, -0.25) is 0 Å². The number of hydrogen-bond donors (Lipinski definition) is 3. The maximum atomic E-state index is 10.2. The van der Waals surface area contributed by atoms with Crippen LogP contribution in [-0.4, -0.2) is 35.3 Å². The molecule has 2 atom stereocenters. The van der Waals surface area contributed by atoms with Gasteiger partial charge >= 0.3 is 0 Å². The Labute approximate surface area is 141 Å². The average Bonchev–Trinajstić information content (AvgIpc) is 2.64. The molecule has 4 heteroatoms. The Balaban J connectivity index is 1.78. The van der Waals surface area contributed by atoms with Gasteiger partial charge in [0, 0.05) is 23.2 Å². The van der Waals surface area contributed by atoms with Gasteiger partial charge < -0.3 is 15.7 Å². The maximum absolute atomic E-state index is 10.2. The minimum absolute atomic E-state index is 0.0562. The molecule has 3 N–H and O–H groups in total. The molecule has 3 aromatic rings. The Kier molecular flexibility index (Phi) is 4.15. The van der Waals surface area contributed by atoms with Crippen LogP contribution < -0.4 is 10.6 Å². The molecular formula is C20H21N3O. The number of aliphatic hydroxyl groups excluding tert-OH is 1. The summed E-state index contributed by atoms with van der Waals surface area (Å²) in [4.78, 5) is 4.80. The van der Waals surface area contributed by atoms with E-state index in [1.165, 1.54) is 0 Å². The lowest BCUT2D eigenvalue weighted by Gasteiger charge is -2.30. The quantitative estimate of drug-likeness (QED) is 0.694. The molecule has 0 spiro atoms. The lowest BCUT2D eigenvalue weighted by Crippen LogP contribution is -2.47. The fraction of sp³-hybridized carbons (Fsp3) is 0.250. The summed E-state index contributed by atoms with van der Waals surface area (Å²) in [6, 6.07) is 20.5. The number of hydrogen-bond acceptors (Lipinski definition) is 4. The average molecular weight is 319 g/mol. The van der Waals surface area contributed by atoms with Crippen LogP contribution in [0.15, 0.2) is 60.7 Å². The van der Waals surface area contributed by atoms with Crippen molar-refractivity contribution in [2.24, 2.45) is 0 Å². The second-order valence-corrected chi connectivity index (χ2v) is 6.25. The number of nitrogens with zero attached hydrogens (tertiary/aromatic N) is 1. The van der Waals surface area contributed by atoms with E-state index in [4.69, 9.17) is 4.98 Å². The second kappa shape index (κ2) is 6.59. The van der Waals surface area contributed by atoms with Crippen molar-refractivity contribution in [2.75, 3.05) is 18.4 Å². The number of piperidine rings is 1. The zero-order valence-electron chi connectivity index (χ0n) is 13.4. The molecule has 1 saturated heterocycles. The van der Waals surface area contributed by atoms with Gasteiger partial charge in [0.1, 0.15) is 0 Å². The first kappa shape index (κ1) is 15.1. The first-order chi connectivity index (χ1) is 11.8. The predicted octanol–water partition coefficient (Wildman–Crippen LogP) is 3.04. The Hall–Kier alpha value is -2.43. The Morgan fingerprint density at radius 3 is 2.67 bits per heavy atom. The van der Waals surface area contributed by atoms with Crippen molar-refractivity contribution < 1.29 is 5.11 Å². The summed E-state index contributed by atoms with van der Waals surface area (Å²) in [7, 11) is 0. The van der Waals surface area contributed by atoms with Crippen molar-refractivity contribution in [3.63, 3.8) is 0 Å². The summed E-state index contributed by atoms with van der Waals surface area (Å²) in [6.45, 7) is 1.55. The van der Waals surface area contributed by atoms with Crippen LogP contribution in [-0.2, 0) is 0 Å². The highest BCUT2D eigenvalue weighted by Gasteiger charge is 2.23. The molecule has 0 radical (unpaired) electrons. The van der Waals surface area contributed by atoms with Gasteiger partial charge in [-0.25, -0.2) is 4.98 Å². The molecule has 24 heavy (non-hydrogen) atoms. The first-order valence-electron chi connectivity index (χ1n) is 8.42. The van der Waals surface area contributed by atoms with Crippen LogP contribution in [0.1, 0.15) is 6.42 Å². The number of pyridine rings is 1. The van der Waals surface area contributed by atoms with Crippen molar-refractivity contribution in [1.82, 2.24) is 10.3 Å². The van der Waals surface area contributed by atoms with Crippen LogP contribution in [0.3, 0.4) is 0 Å². The van der Waals surface area contributed by atoms with E-state index in [1.54, 1.807) is 0 Å². The van der Waals surface area contributed by atoms with Gasteiger partial charge in [0.2, 0.25) is 0 Å². The summed E-state index contributed by atoms with van der Waals surface area (Å²) in [5.41, 5.74) is 4.03. The normalized spacial score (nSPS) is 20.9. The van der Waals surface area contributed by atoms with E-state index in [0.717, 1.165) is 40.8 Å². The minimum Gasteiger partial charge on any atom is -0.390 e. The van der Waals surface area contributed by atoms with Crippen molar-refractivity contribution in [2.45, 2.75) is 18.6 Å². The van der Waals surface area contributed by atoms with E-state index in [1.807, 2.05) is 36.4 Å². The number of nitrogens with one attached hydrogen (secondary N) is 2. The van der Waals surface area contributed by atoms with E-state index in [9.17, 15) is 5.11 Å². The molecule has 0 unspecified atom stereocenters. The monoisotopic (exact) mass is 319 g/mol. The van der Waals surface area contributed by atoms with Crippen molar-refractivity contribution in [3.05, 3.63) is 60.7 Å². The van der Waals surface area contributed by atoms with E-state index in [0.29, 0.717) is 6.54 Å². The molecule has 0 saturated carbocycles. The fourth-order valence-corrected chi connectivity index (χ4v) is 3.26. The van der Waals surface area contributed by atoms with Gasteiger partial charge in [0.05, 0.1) is 23.4 Å². The number of rotatable bonds is 3. The molecule has 0 aliphatic carbocycles. The summed E-state index contributed by atoms with van der Waals surface area (Å²) in [5, 5.41) is 18.1. The first-order valence-corrected chi connectivity index (χ1v) is 8.42. The molecule has 122 valence electrons. The predicted molar refractivity (Wildman–Crippen MR) is 98.1 cm³/mol. The molecule has 0 bridgehead atoms. The number of benzene rings is 2. The number of aliphatic hydroxyl groups is 1. The van der Waals surface area contributed by atoms with E-state index < -0.39 is 0 Å². The summed E-state index contributed by atoms with van der Waals surface area (Å²) in [6.07, 6.45) is 0.518. The number of aromatic nitrogens is 1. The lowest BCUT2D eigenvalue weighted by atomic mass is 10.0. The van der Waals surface area contributed by atoms with Crippen LogP contribution in [0.4, 0.5) is 5.69 Å². The highest BCUT2D eigenvalue weighted by atomic mass is 16.3. The third-order valence-electron chi connectivity index (χ3n) is 4.58. The smallest absolute Gasteiger partial charge is 0.0865 e. The van der Waals surface area contributed by atoms with Crippen LogP contribution >= 0.6 is 0 Å². The van der Waals surface area contributed by atoms with Gasteiger partial charge in [-0.05, 0) is 25.1 Å². The van der Waals surface area contributed by atoms with Gasteiger partial charge in [-0.15, -0.1) is 0 Å². The van der Waals surface area contributed by atoms with E-state index >= 15 is 0 Å². The topological polar surface area (TPSA) is 57.2 Å². The molecule has 1 aliphatic rings. The molecule has 1 fully saturated rings. The highest BCUT2D eigenvalue weighted by Crippen LogP contribution is 2.29. The zero-order valence-corrected chi connectivity index (χ0v) is 13.4. The summed E-state index contributed by atoms with van der Waals surface area (Å²) >= 11 is 0.